The lowest BCUT2D eigenvalue weighted by atomic mass is 9.82. The third-order valence-corrected chi connectivity index (χ3v) is 4.02. The maximum atomic E-state index is 12.2. The summed E-state index contributed by atoms with van der Waals surface area (Å²) in [6.07, 6.45) is 4.64. The molecule has 0 aromatic rings. The topological polar surface area (TPSA) is 84.9 Å². The van der Waals surface area contributed by atoms with Crippen molar-refractivity contribution in [3.05, 3.63) is 12.2 Å². The molecule has 6 nitrogen and oxygen atoms in total. The molecular weight excluding hydrogens is 250 g/mol. The molecule has 104 valence electrons. The minimum atomic E-state index is -0.978. The molecule has 5 atom stereocenters. The van der Waals surface area contributed by atoms with Gasteiger partial charge in [0.25, 0.3) is 0 Å². The van der Waals surface area contributed by atoms with Crippen molar-refractivity contribution in [1.82, 2.24) is 5.32 Å². The summed E-state index contributed by atoms with van der Waals surface area (Å²) in [4.78, 5) is 23.4. The molecule has 0 aliphatic carbocycles. The first-order valence-corrected chi connectivity index (χ1v) is 6.63. The van der Waals surface area contributed by atoms with Gasteiger partial charge in [-0.3, -0.25) is 9.59 Å². The van der Waals surface area contributed by atoms with Crippen LogP contribution in [0.15, 0.2) is 12.2 Å². The van der Waals surface area contributed by atoms with Crippen LogP contribution >= 0.6 is 0 Å². The van der Waals surface area contributed by atoms with Crippen LogP contribution in [0.1, 0.15) is 12.8 Å². The average Bonchev–Trinajstić information content (AvgIpc) is 3.10. The number of amides is 1. The number of carbonyl (C=O) groups is 2. The van der Waals surface area contributed by atoms with Crippen molar-refractivity contribution in [2.75, 3.05) is 13.2 Å². The molecule has 0 saturated carbocycles. The van der Waals surface area contributed by atoms with Crippen LogP contribution in [0.4, 0.5) is 0 Å². The number of carboxylic acids is 1. The van der Waals surface area contributed by atoms with Crippen molar-refractivity contribution in [2.45, 2.75) is 31.2 Å². The summed E-state index contributed by atoms with van der Waals surface area (Å²) in [5.41, 5.74) is 0. The molecule has 0 aromatic heterocycles. The number of fused-ring (bicyclic) bond motifs is 2. The second-order valence-electron chi connectivity index (χ2n) is 5.22. The SMILES string of the molecule is O=C(O)[C@@H]1[C@H](C(=O)NC[C@H]2CCCO2)[C@@H]2C=C[C@@H]1O2. The predicted molar refractivity (Wildman–Crippen MR) is 64.4 cm³/mol. The fourth-order valence-corrected chi connectivity index (χ4v) is 3.05. The first-order chi connectivity index (χ1) is 9.16. The Morgan fingerprint density at radius 3 is 2.63 bits per heavy atom. The van der Waals surface area contributed by atoms with Crippen LogP contribution in [-0.2, 0) is 19.1 Å². The standard InChI is InChI=1S/C13H17NO5/c15-12(14-6-7-2-1-5-18-7)10-8-3-4-9(19-8)11(10)13(16)17/h3-4,7-11H,1-2,5-6H2,(H,14,15)(H,16,17)/t7-,8+,9+,10-,11+/m1/s1. The number of ether oxygens (including phenoxy) is 2. The van der Waals surface area contributed by atoms with Gasteiger partial charge >= 0.3 is 5.97 Å². The third kappa shape index (κ3) is 2.26. The monoisotopic (exact) mass is 267 g/mol. The van der Waals surface area contributed by atoms with Crippen LogP contribution in [0.25, 0.3) is 0 Å². The number of rotatable bonds is 4. The van der Waals surface area contributed by atoms with Gasteiger partial charge in [0.05, 0.1) is 24.2 Å². The van der Waals surface area contributed by atoms with Crippen LogP contribution in [0.3, 0.4) is 0 Å². The van der Waals surface area contributed by atoms with E-state index in [-0.39, 0.29) is 12.0 Å². The van der Waals surface area contributed by atoms with E-state index in [0.29, 0.717) is 6.54 Å². The Labute approximate surface area is 110 Å². The van der Waals surface area contributed by atoms with Crippen molar-refractivity contribution in [3.63, 3.8) is 0 Å². The highest BCUT2D eigenvalue weighted by molar-refractivity contribution is 5.87. The number of hydrogen-bond donors (Lipinski definition) is 2. The van der Waals surface area contributed by atoms with Crippen molar-refractivity contribution >= 4 is 11.9 Å². The highest BCUT2D eigenvalue weighted by atomic mass is 16.5. The van der Waals surface area contributed by atoms with Gasteiger partial charge in [-0.25, -0.2) is 0 Å². The molecule has 0 aromatic carbocycles. The van der Waals surface area contributed by atoms with Gasteiger partial charge in [0.15, 0.2) is 0 Å². The van der Waals surface area contributed by atoms with E-state index in [9.17, 15) is 14.7 Å². The van der Waals surface area contributed by atoms with Crippen molar-refractivity contribution in [1.29, 1.82) is 0 Å². The second kappa shape index (κ2) is 4.94. The Morgan fingerprint density at radius 2 is 2.00 bits per heavy atom. The lowest BCUT2D eigenvalue weighted by Crippen LogP contribution is -2.44. The van der Waals surface area contributed by atoms with E-state index in [2.05, 4.69) is 5.32 Å². The van der Waals surface area contributed by atoms with Gasteiger partial charge in [0, 0.05) is 13.2 Å². The summed E-state index contributed by atoms with van der Waals surface area (Å²) in [6.45, 7) is 1.18. The van der Waals surface area contributed by atoms with Gasteiger partial charge < -0.3 is 19.9 Å². The number of carbonyl (C=O) groups excluding carboxylic acids is 1. The number of carboxylic acid groups (broad SMARTS) is 1. The van der Waals surface area contributed by atoms with Gasteiger partial charge in [-0.15, -0.1) is 0 Å². The van der Waals surface area contributed by atoms with Gasteiger partial charge in [-0.2, -0.15) is 0 Å². The van der Waals surface area contributed by atoms with Crippen molar-refractivity contribution < 1.29 is 24.2 Å². The molecule has 0 unspecified atom stereocenters. The molecule has 3 heterocycles. The molecule has 0 radical (unpaired) electrons. The summed E-state index contributed by atoms with van der Waals surface area (Å²) in [5.74, 6) is -2.64. The Morgan fingerprint density at radius 1 is 1.26 bits per heavy atom. The lowest BCUT2D eigenvalue weighted by molar-refractivity contribution is -0.146. The lowest BCUT2D eigenvalue weighted by Gasteiger charge is -2.21. The zero-order valence-corrected chi connectivity index (χ0v) is 10.5. The van der Waals surface area contributed by atoms with Crippen LogP contribution in [0.5, 0.6) is 0 Å². The molecule has 19 heavy (non-hydrogen) atoms. The minimum absolute atomic E-state index is 0.0577. The van der Waals surface area contributed by atoms with Crippen LogP contribution in [0.2, 0.25) is 0 Å². The van der Waals surface area contributed by atoms with Crippen LogP contribution in [-0.4, -0.2) is 48.4 Å². The highest BCUT2D eigenvalue weighted by Crippen LogP contribution is 2.39. The van der Waals surface area contributed by atoms with E-state index in [1.807, 2.05) is 0 Å². The molecule has 2 saturated heterocycles. The quantitative estimate of drug-likeness (QED) is 0.697. The predicted octanol–water partition coefficient (Wildman–Crippen LogP) is -0.0642. The number of aliphatic carboxylic acids is 1. The van der Waals surface area contributed by atoms with Crippen molar-refractivity contribution in [3.8, 4) is 0 Å². The first kappa shape index (κ1) is 12.6. The molecule has 3 rings (SSSR count). The van der Waals surface area contributed by atoms with Gasteiger partial charge in [-0.05, 0) is 12.8 Å². The van der Waals surface area contributed by atoms with E-state index >= 15 is 0 Å². The summed E-state index contributed by atoms with van der Waals surface area (Å²) >= 11 is 0. The fraction of sp³-hybridized carbons (Fsp3) is 0.692. The largest absolute Gasteiger partial charge is 0.481 e. The van der Waals surface area contributed by atoms with E-state index in [1.54, 1.807) is 12.2 Å². The van der Waals surface area contributed by atoms with Crippen LogP contribution in [0, 0.1) is 11.8 Å². The maximum Gasteiger partial charge on any atom is 0.310 e. The number of nitrogens with one attached hydrogen (secondary N) is 1. The average molecular weight is 267 g/mol. The molecule has 1 amide bonds. The summed E-state index contributed by atoms with van der Waals surface area (Å²) < 4.78 is 10.9. The molecule has 2 fully saturated rings. The summed E-state index contributed by atoms with van der Waals surface area (Å²) in [7, 11) is 0. The van der Waals surface area contributed by atoms with Gasteiger partial charge in [0.1, 0.15) is 5.92 Å². The van der Waals surface area contributed by atoms with E-state index in [1.165, 1.54) is 0 Å². The molecule has 2 N–H and O–H groups in total. The van der Waals surface area contributed by atoms with Gasteiger partial charge in [0.2, 0.25) is 5.91 Å². The Hall–Kier alpha value is -1.40. The highest BCUT2D eigenvalue weighted by Gasteiger charge is 2.53. The van der Waals surface area contributed by atoms with E-state index in [4.69, 9.17) is 9.47 Å². The third-order valence-electron chi connectivity index (χ3n) is 4.02. The van der Waals surface area contributed by atoms with E-state index < -0.39 is 30.0 Å². The summed E-state index contributed by atoms with van der Waals surface area (Å²) in [6, 6.07) is 0. The smallest absolute Gasteiger partial charge is 0.310 e. The molecule has 0 spiro atoms. The first-order valence-electron chi connectivity index (χ1n) is 6.63. The molecule has 3 aliphatic rings. The van der Waals surface area contributed by atoms with Crippen molar-refractivity contribution in [2.24, 2.45) is 11.8 Å². The molecule has 2 bridgehead atoms. The Balaban J connectivity index is 1.62. The fourth-order valence-electron chi connectivity index (χ4n) is 3.05. The maximum absolute atomic E-state index is 12.2. The number of hydrogen-bond acceptors (Lipinski definition) is 4. The molecular formula is C13H17NO5. The zero-order chi connectivity index (χ0) is 13.4. The van der Waals surface area contributed by atoms with Crippen LogP contribution < -0.4 is 5.32 Å². The van der Waals surface area contributed by atoms with Gasteiger partial charge in [-0.1, -0.05) is 12.2 Å². The minimum Gasteiger partial charge on any atom is -0.481 e. The normalized spacial score (nSPS) is 39.7. The molecule has 6 heteroatoms. The Bertz CT molecular complexity index is 415. The second-order valence-corrected chi connectivity index (χ2v) is 5.22. The Kier molecular flexibility index (Phi) is 3.28. The zero-order valence-electron chi connectivity index (χ0n) is 10.5. The molecule has 3 aliphatic heterocycles. The van der Waals surface area contributed by atoms with E-state index in [0.717, 1.165) is 19.4 Å². The summed E-state index contributed by atoms with van der Waals surface area (Å²) in [5, 5.41) is 12.0.